The van der Waals surface area contributed by atoms with Gasteiger partial charge in [-0.15, -0.1) is 0 Å². The molecule has 1 aliphatic rings. The van der Waals surface area contributed by atoms with Crippen LogP contribution in [0.5, 0.6) is 5.75 Å². The number of morpholine rings is 1. The lowest BCUT2D eigenvalue weighted by atomic mass is 10.2. The Morgan fingerprint density at radius 2 is 2.08 bits per heavy atom. The van der Waals surface area contributed by atoms with E-state index in [4.69, 9.17) is 14.6 Å². The number of para-hydroxylation sites is 1. The van der Waals surface area contributed by atoms with Crippen LogP contribution >= 0.6 is 0 Å². The van der Waals surface area contributed by atoms with Crippen molar-refractivity contribution in [3.8, 4) is 11.4 Å². The van der Waals surface area contributed by atoms with Crippen molar-refractivity contribution >= 4 is 11.9 Å². The zero-order chi connectivity index (χ0) is 17.1. The molecule has 1 atom stereocenters. The summed E-state index contributed by atoms with van der Waals surface area (Å²) >= 11 is 0. The Bertz CT molecular complexity index is 743. The molecule has 2 heterocycles. The number of ether oxygens (including phenoxy) is 2. The molecule has 1 fully saturated rings. The maximum atomic E-state index is 12.7. The highest BCUT2D eigenvalue weighted by atomic mass is 16.5. The van der Waals surface area contributed by atoms with Gasteiger partial charge in [-0.3, -0.25) is 4.79 Å². The van der Waals surface area contributed by atoms with Crippen molar-refractivity contribution in [2.75, 3.05) is 26.8 Å². The van der Waals surface area contributed by atoms with Gasteiger partial charge in [0.25, 0.3) is 5.91 Å². The van der Waals surface area contributed by atoms with Crippen molar-refractivity contribution < 1.29 is 24.2 Å². The minimum absolute atomic E-state index is 0.0183. The highest BCUT2D eigenvalue weighted by Crippen LogP contribution is 2.22. The molecule has 8 nitrogen and oxygen atoms in total. The fourth-order valence-corrected chi connectivity index (χ4v) is 2.50. The van der Waals surface area contributed by atoms with Crippen molar-refractivity contribution in [3.63, 3.8) is 0 Å². The van der Waals surface area contributed by atoms with Crippen LogP contribution < -0.4 is 4.74 Å². The highest BCUT2D eigenvalue weighted by molar-refractivity contribution is 5.95. The van der Waals surface area contributed by atoms with E-state index in [0.29, 0.717) is 12.3 Å². The number of hydrogen-bond acceptors (Lipinski definition) is 5. The van der Waals surface area contributed by atoms with Gasteiger partial charge < -0.3 is 19.5 Å². The van der Waals surface area contributed by atoms with Crippen LogP contribution in [0.15, 0.2) is 36.5 Å². The molecule has 1 unspecified atom stereocenters. The molecule has 0 aliphatic carbocycles. The van der Waals surface area contributed by atoms with Gasteiger partial charge >= 0.3 is 5.97 Å². The summed E-state index contributed by atoms with van der Waals surface area (Å²) in [6.07, 6.45) is 0.599. The molecule has 1 N–H and O–H groups in total. The predicted octanol–water partition coefficient (Wildman–Crippen LogP) is 0.807. The number of amides is 1. The first-order chi connectivity index (χ1) is 11.6. The van der Waals surface area contributed by atoms with Crippen LogP contribution in [0.2, 0.25) is 0 Å². The zero-order valence-electron chi connectivity index (χ0n) is 13.1. The summed E-state index contributed by atoms with van der Waals surface area (Å²) in [6.45, 7) is 0.462. The minimum atomic E-state index is -1.09. The number of carboxylic acids is 1. The molecule has 0 spiro atoms. The van der Waals surface area contributed by atoms with Gasteiger partial charge in [0.1, 0.15) is 0 Å². The number of methoxy groups -OCH3 is 1. The van der Waals surface area contributed by atoms with Crippen LogP contribution in [0.4, 0.5) is 0 Å². The van der Waals surface area contributed by atoms with Crippen molar-refractivity contribution in [2.45, 2.75) is 6.10 Å². The van der Waals surface area contributed by atoms with Gasteiger partial charge in [-0.25, -0.2) is 9.48 Å². The fourth-order valence-electron chi connectivity index (χ4n) is 2.50. The van der Waals surface area contributed by atoms with E-state index in [1.54, 1.807) is 10.9 Å². The Morgan fingerprint density at radius 1 is 1.33 bits per heavy atom. The molecular formula is C16H17N3O5. The lowest BCUT2D eigenvalue weighted by Crippen LogP contribution is -2.48. The van der Waals surface area contributed by atoms with Gasteiger partial charge in [0.05, 0.1) is 32.1 Å². The first-order valence-electron chi connectivity index (χ1n) is 7.43. The summed E-state index contributed by atoms with van der Waals surface area (Å²) < 4.78 is 11.9. The summed E-state index contributed by atoms with van der Waals surface area (Å²) in [5, 5.41) is 13.4. The molecule has 1 aliphatic heterocycles. The van der Waals surface area contributed by atoms with Gasteiger partial charge in [-0.2, -0.15) is 5.10 Å². The largest absolute Gasteiger partial charge is 0.493 e. The monoisotopic (exact) mass is 331 g/mol. The maximum Gasteiger partial charge on any atom is 0.334 e. The second kappa shape index (κ2) is 6.71. The van der Waals surface area contributed by atoms with E-state index < -0.39 is 12.1 Å². The van der Waals surface area contributed by atoms with Crippen LogP contribution in [-0.4, -0.2) is 64.6 Å². The van der Waals surface area contributed by atoms with E-state index in [2.05, 4.69) is 5.10 Å². The standard InChI is InChI=1S/C16H17N3O5/c1-23-12-10-19(11-5-3-2-4-6-11)17-14(12)15(20)18-7-8-24-13(9-18)16(21)22/h2-6,10,13H,7-9H2,1H3,(H,21,22). The number of aliphatic carboxylic acids is 1. The number of carbonyl (C=O) groups excluding carboxylic acids is 1. The van der Waals surface area contributed by atoms with Crippen LogP contribution in [0.3, 0.4) is 0 Å². The van der Waals surface area contributed by atoms with Gasteiger partial charge in [-0.1, -0.05) is 18.2 Å². The molecule has 0 radical (unpaired) electrons. The van der Waals surface area contributed by atoms with Gasteiger partial charge in [0, 0.05) is 6.54 Å². The number of benzene rings is 1. The fraction of sp³-hybridized carbons (Fsp3) is 0.312. The second-order valence-electron chi connectivity index (χ2n) is 5.28. The molecule has 8 heteroatoms. The molecule has 126 valence electrons. The van der Waals surface area contributed by atoms with Gasteiger partial charge in [-0.05, 0) is 12.1 Å². The van der Waals surface area contributed by atoms with Crippen molar-refractivity contribution in [2.24, 2.45) is 0 Å². The van der Waals surface area contributed by atoms with Crippen molar-refractivity contribution in [3.05, 3.63) is 42.2 Å². The summed E-state index contributed by atoms with van der Waals surface area (Å²) in [5.41, 5.74) is 0.938. The van der Waals surface area contributed by atoms with Crippen LogP contribution in [-0.2, 0) is 9.53 Å². The molecule has 1 saturated heterocycles. The quantitative estimate of drug-likeness (QED) is 0.891. The smallest absolute Gasteiger partial charge is 0.334 e. The van der Waals surface area contributed by atoms with E-state index >= 15 is 0 Å². The number of carboxylic acid groups (broad SMARTS) is 1. The average Bonchev–Trinajstić information content (AvgIpc) is 3.06. The summed E-state index contributed by atoms with van der Waals surface area (Å²) in [5.74, 6) is -1.13. The zero-order valence-corrected chi connectivity index (χ0v) is 13.1. The number of hydrogen-bond donors (Lipinski definition) is 1. The molecule has 0 saturated carbocycles. The minimum Gasteiger partial charge on any atom is -0.493 e. The van der Waals surface area contributed by atoms with Crippen molar-refractivity contribution in [1.82, 2.24) is 14.7 Å². The molecule has 24 heavy (non-hydrogen) atoms. The van der Waals surface area contributed by atoms with E-state index in [-0.39, 0.29) is 24.8 Å². The van der Waals surface area contributed by atoms with Crippen LogP contribution in [0, 0.1) is 0 Å². The third-order valence-electron chi connectivity index (χ3n) is 3.75. The van der Waals surface area contributed by atoms with Gasteiger partial charge in [0.15, 0.2) is 17.5 Å². The molecule has 0 bridgehead atoms. The maximum absolute atomic E-state index is 12.7. The number of aromatic nitrogens is 2. The highest BCUT2D eigenvalue weighted by Gasteiger charge is 2.32. The van der Waals surface area contributed by atoms with E-state index in [0.717, 1.165) is 5.69 Å². The predicted molar refractivity (Wildman–Crippen MR) is 83.4 cm³/mol. The number of nitrogens with zero attached hydrogens (tertiary/aromatic N) is 3. The van der Waals surface area contributed by atoms with Crippen LogP contribution in [0.1, 0.15) is 10.5 Å². The molecular weight excluding hydrogens is 314 g/mol. The summed E-state index contributed by atoms with van der Waals surface area (Å²) in [7, 11) is 1.46. The topological polar surface area (TPSA) is 93.9 Å². The Kier molecular flexibility index (Phi) is 4.48. The normalized spacial score (nSPS) is 17.5. The molecule has 1 aromatic heterocycles. The molecule has 1 amide bonds. The summed E-state index contributed by atoms with van der Waals surface area (Å²) in [4.78, 5) is 25.2. The Morgan fingerprint density at radius 3 is 2.75 bits per heavy atom. The molecule has 3 rings (SSSR count). The van der Waals surface area contributed by atoms with Crippen molar-refractivity contribution in [1.29, 1.82) is 0 Å². The first-order valence-corrected chi connectivity index (χ1v) is 7.43. The molecule has 1 aromatic carbocycles. The molecule has 2 aromatic rings. The first kappa shape index (κ1) is 16.0. The number of carbonyl (C=O) groups is 2. The number of rotatable bonds is 4. The van der Waals surface area contributed by atoms with E-state index in [1.165, 1.54) is 12.0 Å². The van der Waals surface area contributed by atoms with E-state index in [1.807, 2.05) is 30.3 Å². The second-order valence-corrected chi connectivity index (χ2v) is 5.28. The lowest BCUT2D eigenvalue weighted by molar-refractivity contribution is -0.154. The lowest BCUT2D eigenvalue weighted by Gasteiger charge is -2.30. The summed E-state index contributed by atoms with van der Waals surface area (Å²) in [6, 6.07) is 9.33. The SMILES string of the molecule is COc1cn(-c2ccccc2)nc1C(=O)N1CCOC(C(=O)O)C1. The third kappa shape index (κ3) is 3.09. The Labute approximate surface area is 138 Å². The Hall–Kier alpha value is -2.87. The average molecular weight is 331 g/mol. The Balaban J connectivity index is 1.87. The van der Waals surface area contributed by atoms with E-state index in [9.17, 15) is 9.59 Å². The van der Waals surface area contributed by atoms with Gasteiger partial charge in [0.2, 0.25) is 0 Å². The van der Waals surface area contributed by atoms with Crippen LogP contribution in [0.25, 0.3) is 5.69 Å². The third-order valence-corrected chi connectivity index (χ3v) is 3.75.